The van der Waals surface area contributed by atoms with Gasteiger partial charge in [-0.3, -0.25) is 0 Å². The molecular formula is C20H24N3+. The van der Waals surface area contributed by atoms with Gasteiger partial charge >= 0.3 is 0 Å². The standard InChI is InChI=1S/C20H24N3/c1-15-10-12-16(13-11-15)23(5)21-14-19-20(2,3)17-8-6-7-9-18(17)22(19)4/h6-14,19H,5H2,1-4H3/q+1/b21-14-. The molecule has 23 heavy (non-hydrogen) atoms. The summed E-state index contributed by atoms with van der Waals surface area (Å²) in [5.74, 6) is 0. The highest BCUT2D eigenvalue weighted by atomic mass is 15.4. The second-order valence-electron chi connectivity index (χ2n) is 6.79. The van der Waals surface area contributed by atoms with Gasteiger partial charge in [-0.2, -0.15) is 0 Å². The Labute approximate surface area is 138 Å². The molecule has 0 saturated heterocycles. The first kappa shape index (κ1) is 15.5. The van der Waals surface area contributed by atoms with Crippen molar-refractivity contribution >= 4 is 24.3 Å². The number of hydrogen-bond donors (Lipinski definition) is 0. The number of hydrogen-bond acceptors (Lipinski definition) is 2. The predicted octanol–water partition coefficient (Wildman–Crippen LogP) is 4.12. The summed E-state index contributed by atoms with van der Waals surface area (Å²) >= 11 is 0. The molecular weight excluding hydrogens is 282 g/mol. The molecule has 0 amide bonds. The van der Waals surface area contributed by atoms with Crippen molar-refractivity contribution in [3.8, 4) is 0 Å². The normalized spacial score (nSPS) is 19.1. The predicted molar refractivity (Wildman–Crippen MR) is 98.4 cm³/mol. The van der Waals surface area contributed by atoms with E-state index < -0.39 is 0 Å². The number of hydrazone groups is 1. The zero-order valence-electron chi connectivity index (χ0n) is 14.3. The molecule has 0 bridgehead atoms. The van der Waals surface area contributed by atoms with Crippen molar-refractivity contribution in [1.82, 2.24) is 0 Å². The molecule has 0 aromatic heterocycles. The molecule has 0 aliphatic carbocycles. The minimum absolute atomic E-state index is 0.0168. The van der Waals surface area contributed by atoms with Crippen molar-refractivity contribution in [3.05, 3.63) is 59.7 Å². The van der Waals surface area contributed by atoms with Gasteiger partial charge in [0.1, 0.15) is 0 Å². The third kappa shape index (κ3) is 2.67. The number of para-hydroxylation sites is 1. The monoisotopic (exact) mass is 306 g/mol. The Morgan fingerprint density at radius 2 is 1.78 bits per heavy atom. The third-order valence-corrected chi connectivity index (χ3v) is 4.81. The summed E-state index contributed by atoms with van der Waals surface area (Å²) in [7, 11) is 2.13. The smallest absolute Gasteiger partial charge is 0.237 e. The Kier molecular flexibility index (Phi) is 3.80. The highest BCUT2D eigenvalue weighted by Gasteiger charge is 2.42. The van der Waals surface area contributed by atoms with E-state index in [1.165, 1.54) is 16.8 Å². The van der Waals surface area contributed by atoms with Crippen LogP contribution >= 0.6 is 0 Å². The van der Waals surface area contributed by atoms with Crippen LogP contribution in [0.15, 0.2) is 53.6 Å². The van der Waals surface area contributed by atoms with Gasteiger partial charge in [0.05, 0.1) is 12.3 Å². The van der Waals surface area contributed by atoms with E-state index in [4.69, 9.17) is 0 Å². The topological polar surface area (TPSA) is 18.6 Å². The number of likely N-dealkylation sites (N-methyl/N-ethyl adjacent to an activating group) is 1. The fourth-order valence-corrected chi connectivity index (χ4v) is 3.33. The van der Waals surface area contributed by atoms with Crippen LogP contribution < -0.4 is 4.90 Å². The van der Waals surface area contributed by atoms with E-state index in [1.54, 1.807) is 4.68 Å². The fourth-order valence-electron chi connectivity index (χ4n) is 3.33. The van der Waals surface area contributed by atoms with Crippen LogP contribution in [-0.4, -0.2) is 30.7 Å². The van der Waals surface area contributed by atoms with Crippen LogP contribution in [0.4, 0.5) is 11.4 Å². The molecule has 0 spiro atoms. The molecule has 1 atom stereocenters. The van der Waals surface area contributed by atoms with Crippen molar-refractivity contribution in [2.45, 2.75) is 32.2 Å². The second kappa shape index (κ2) is 5.65. The van der Waals surface area contributed by atoms with Gasteiger partial charge in [0.15, 0.2) is 6.72 Å². The van der Waals surface area contributed by atoms with Gasteiger partial charge in [0, 0.05) is 30.3 Å². The number of benzene rings is 2. The zero-order valence-corrected chi connectivity index (χ0v) is 14.3. The second-order valence-corrected chi connectivity index (χ2v) is 6.79. The highest BCUT2D eigenvalue weighted by molar-refractivity contribution is 5.79. The van der Waals surface area contributed by atoms with E-state index >= 15 is 0 Å². The van der Waals surface area contributed by atoms with Gasteiger partial charge in [0.2, 0.25) is 5.69 Å². The lowest BCUT2D eigenvalue weighted by atomic mass is 9.81. The molecule has 1 unspecified atom stereocenters. The maximum absolute atomic E-state index is 4.59. The van der Waals surface area contributed by atoms with Gasteiger partial charge < -0.3 is 4.90 Å². The van der Waals surface area contributed by atoms with Crippen molar-refractivity contribution in [3.63, 3.8) is 0 Å². The molecule has 1 aliphatic rings. The lowest BCUT2D eigenvalue weighted by Crippen LogP contribution is -2.40. The molecule has 1 heterocycles. The maximum Gasteiger partial charge on any atom is 0.237 e. The third-order valence-electron chi connectivity index (χ3n) is 4.81. The molecule has 2 aromatic rings. The Morgan fingerprint density at radius 3 is 2.43 bits per heavy atom. The number of nitrogens with zero attached hydrogens (tertiary/aromatic N) is 3. The van der Waals surface area contributed by atoms with Crippen molar-refractivity contribution in [2.75, 3.05) is 11.9 Å². The molecule has 0 radical (unpaired) electrons. The van der Waals surface area contributed by atoms with Crippen LogP contribution in [0, 0.1) is 6.92 Å². The Bertz CT molecular complexity index is 757. The number of anilines is 1. The molecule has 1 aliphatic heterocycles. The van der Waals surface area contributed by atoms with E-state index in [2.05, 4.69) is 80.9 Å². The number of aryl methyl sites for hydroxylation is 1. The number of rotatable bonds is 3. The maximum atomic E-state index is 4.59. The molecule has 3 rings (SSSR count). The Balaban J connectivity index is 1.86. The van der Waals surface area contributed by atoms with E-state index in [1.807, 2.05) is 18.3 Å². The van der Waals surface area contributed by atoms with Crippen LogP contribution in [0.25, 0.3) is 0 Å². The Hall–Kier alpha value is -2.42. The van der Waals surface area contributed by atoms with Crippen molar-refractivity contribution in [1.29, 1.82) is 0 Å². The van der Waals surface area contributed by atoms with Gasteiger partial charge in [0.25, 0.3) is 0 Å². The average Bonchev–Trinajstić information content (AvgIpc) is 2.73. The minimum atomic E-state index is 0.0168. The van der Waals surface area contributed by atoms with Crippen LogP contribution in [0.5, 0.6) is 0 Å². The first-order valence-electron chi connectivity index (χ1n) is 7.95. The lowest BCUT2D eigenvalue weighted by Gasteiger charge is -2.28. The SMILES string of the molecule is C=[N+](/N=C\C1N(C)c2ccccc2C1(C)C)c1ccc(C)cc1. The molecule has 3 heteroatoms. The minimum Gasteiger partial charge on any atom is -0.365 e. The Morgan fingerprint density at radius 1 is 1.13 bits per heavy atom. The largest absolute Gasteiger partial charge is 0.365 e. The quantitative estimate of drug-likeness (QED) is 0.474. The van der Waals surface area contributed by atoms with Gasteiger partial charge in [-0.25, -0.2) is 0 Å². The zero-order chi connectivity index (χ0) is 16.6. The van der Waals surface area contributed by atoms with E-state index in [0.717, 1.165) is 5.69 Å². The molecule has 2 aromatic carbocycles. The first-order valence-corrected chi connectivity index (χ1v) is 7.95. The average molecular weight is 306 g/mol. The molecule has 3 nitrogen and oxygen atoms in total. The van der Waals surface area contributed by atoms with Crippen LogP contribution in [0.1, 0.15) is 25.0 Å². The molecule has 0 N–H and O–H groups in total. The van der Waals surface area contributed by atoms with Gasteiger partial charge in [-0.05, 0) is 23.7 Å². The van der Waals surface area contributed by atoms with Crippen LogP contribution in [0.3, 0.4) is 0 Å². The van der Waals surface area contributed by atoms with Gasteiger partial charge in [-0.1, -0.05) is 54.4 Å². The van der Waals surface area contributed by atoms with Crippen LogP contribution in [0.2, 0.25) is 0 Å². The summed E-state index contributed by atoms with van der Waals surface area (Å²) < 4.78 is 1.69. The summed E-state index contributed by atoms with van der Waals surface area (Å²) in [6, 6.07) is 17.0. The fraction of sp³-hybridized carbons (Fsp3) is 0.300. The first-order chi connectivity index (χ1) is 10.9. The van der Waals surface area contributed by atoms with Crippen molar-refractivity contribution in [2.24, 2.45) is 5.10 Å². The van der Waals surface area contributed by atoms with Crippen molar-refractivity contribution < 1.29 is 4.68 Å². The summed E-state index contributed by atoms with van der Waals surface area (Å²) in [5.41, 5.74) is 4.88. The van der Waals surface area contributed by atoms with E-state index in [-0.39, 0.29) is 11.5 Å². The molecule has 0 fully saturated rings. The van der Waals surface area contributed by atoms with Crippen LogP contribution in [-0.2, 0) is 5.41 Å². The molecule has 0 saturated carbocycles. The summed E-state index contributed by atoms with van der Waals surface area (Å²) in [5, 5.41) is 4.59. The molecule has 118 valence electrons. The summed E-state index contributed by atoms with van der Waals surface area (Å²) in [6.45, 7) is 10.7. The van der Waals surface area contributed by atoms with E-state index in [9.17, 15) is 0 Å². The highest BCUT2D eigenvalue weighted by Crippen LogP contribution is 2.43. The lowest BCUT2D eigenvalue weighted by molar-refractivity contribution is -0.435. The van der Waals surface area contributed by atoms with Gasteiger partial charge in [-0.15, -0.1) is 0 Å². The summed E-state index contributed by atoms with van der Waals surface area (Å²) in [4.78, 5) is 2.29. The number of fused-ring (bicyclic) bond motifs is 1. The van der Waals surface area contributed by atoms with E-state index in [0.29, 0.717) is 0 Å². The summed E-state index contributed by atoms with van der Waals surface area (Å²) in [6.07, 6.45) is 2.01.